The van der Waals surface area contributed by atoms with Crippen LogP contribution in [0.1, 0.15) is 288 Å². The summed E-state index contributed by atoms with van der Waals surface area (Å²) in [6.45, 7) is 56.3. The molecule has 0 N–H and O–H groups in total. The molecule has 0 amide bonds. The number of esters is 6. The Morgan fingerprint density at radius 2 is 0.354 bits per heavy atom. The quantitative estimate of drug-likeness (QED) is 0.0183. The van der Waals surface area contributed by atoms with Gasteiger partial charge in [-0.1, -0.05) is 193 Å². The Morgan fingerprint density at radius 1 is 0.202 bits per heavy atom. The van der Waals surface area contributed by atoms with Crippen LogP contribution in [0.5, 0.6) is 0 Å². The largest absolute Gasteiger partial charge is 0.462 e. The minimum Gasteiger partial charge on any atom is -0.462 e. The maximum atomic E-state index is 11.0. The fraction of sp³-hybridized carbons (Fsp3) is 0.732. The lowest BCUT2D eigenvalue weighted by Crippen LogP contribution is -2.06. The van der Waals surface area contributed by atoms with Gasteiger partial charge in [-0.25, -0.2) is 28.8 Å². The second-order valence-corrected chi connectivity index (χ2v) is 24.8. The number of carbonyl (C=O) groups is 6. The molecule has 582 valence electrons. The summed E-state index contributed by atoms with van der Waals surface area (Å²) in [4.78, 5) is 65.5. The van der Waals surface area contributed by atoms with Crippen molar-refractivity contribution in [3.05, 3.63) is 97.2 Å². The second kappa shape index (κ2) is 92.5. The summed E-state index contributed by atoms with van der Waals surface area (Å²) in [5.41, 5.74) is 5.30. The van der Waals surface area contributed by atoms with Crippen LogP contribution in [0.2, 0.25) is 0 Å². The van der Waals surface area contributed by atoms with E-state index in [2.05, 4.69) is 80.3 Å². The minimum absolute atomic E-state index is 0.263. The molecule has 0 rings (SSSR count). The highest BCUT2D eigenvalue weighted by Crippen LogP contribution is 2.11. The van der Waals surface area contributed by atoms with E-state index in [9.17, 15) is 28.8 Å². The number of rotatable bonds is 55. The van der Waals surface area contributed by atoms with Crippen LogP contribution in [-0.2, 0) is 80.9 Å². The molecule has 0 radical (unpaired) electrons. The van der Waals surface area contributed by atoms with Crippen molar-refractivity contribution in [3.63, 3.8) is 0 Å². The number of methoxy groups -OCH3 is 5. The Hall–Kier alpha value is -5.46. The van der Waals surface area contributed by atoms with E-state index >= 15 is 0 Å². The van der Waals surface area contributed by atoms with Crippen LogP contribution in [0.25, 0.3) is 0 Å². The number of ether oxygens (including phenoxy) is 11. The van der Waals surface area contributed by atoms with E-state index in [-0.39, 0.29) is 35.8 Å². The Labute approximate surface area is 607 Å². The van der Waals surface area contributed by atoms with Gasteiger partial charge in [0.1, 0.15) is 0 Å². The minimum atomic E-state index is -0.313. The molecule has 0 spiro atoms. The average Bonchev–Trinajstić information content (AvgIpc) is 3.79. The fourth-order valence-corrected chi connectivity index (χ4v) is 7.25. The highest BCUT2D eigenvalue weighted by atomic mass is 16.6. The molecular weight excluding hydrogens is 1260 g/mol. The van der Waals surface area contributed by atoms with Crippen molar-refractivity contribution >= 4 is 35.8 Å². The summed E-state index contributed by atoms with van der Waals surface area (Å²) >= 11 is 0. The normalized spacial score (nSPS) is 9.74. The SMILES string of the molecule is C=C(C)C(=O)OCCCCC.C=C(C)C(=O)OCCCCCCC.C=C(C)C(=O)OCCCCCCCCC.C=C(C)C(=O)OCCCCCCCCOC.C=C(C)C(=O)OCCCCCCOC.C=C(C)C(=O)OCCCCOC.C=C(C)CCCCCCOC.C=C(C)CCOC. The van der Waals surface area contributed by atoms with Crippen molar-refractivity contribution < 1.29 is 80.9 Å². The van der Waals surface area contributed by atoms with Crippen LogP contribution in [-0.4, -0.2) is 144 Å². The van der Waals surface area contributed by atoms with Crippen LogP contribution >= 0.6 is 0 Å². The Kier molecular flexibility index (Phi) is 102. The lowest BCUT2D eigenvalue weighted by atomic mass is 10.1. The predicted octanol–water partition coefficient (Wildman–Crippen LogP) is 20.9. The van der Waals surface area contributed by atoms with E-state index < -0.39 is 0 Å². The molecule has 0 atom stereocenters. The molecular formula is C82H152O17. The number of unbranched alkanes of at least 4 members (excludes halogenated alkanes) is 24. The van der Waals surface area contributed by atoms with Gasteiger partial charge in [0, 0.05) is 102 Å². The van der Waals surface area contributed by atoms with Crippen molar-refractivity contribution in [1.29, 1.82) is 0 Å². The van der Waals surface area contributed by atoms with Gasteiger partial charge >= 0.3 is 35.8 Å². The van der Waals surface area contributed by atoms with Gasteiger partial charge in [0.25, 0.3) is 0 Å². The first kappa shape index (κ1) is 109. The lowest BCUT2D eigenvalue weighted by molar-refractivity contribution is -0.140. The summed E-state index contributed by atoms with van der Waals surface area (Å²) < 4.78 is 54.1. The molecule has 99 heavy (non-hydrogen) atoms. The molecule has 17 nitrogen and oxygen atoms in total. The number of carbonyl (C=O) groups excluding carboxylic acids is 6. The van der Waals surface area contributed by atoms with E-state index in [0.717, 1.165) is 136 Å². The molecule has 0 aliphatic rings. The second-order valence-electron chi connectivity index (χ2n) is 24.8. The van der Waals surface area contributed by atoms with E-state index in [1.54, 1.807) is 77.1 Å². The van der Waals surface area contributed by atoms with E-state index in [0.29, 0.717) is 79.7 Å². The summed E-state index contributed by atoms with van der Waals surface area (Å²) in [5, 5.41) is 0. The van der Waals surface area contributed by atoms with Crippen molar-refractivity contribution in [2.45, 2.75) is 288 Å². The van der Waals surface area contributed by atoms with Crippen LogP contribution in [0, 0.1) is 0 Å². The van der Waals surface area contributed by atoms with Crippen LogP contribution < -0.4 is 0 Å². The van der Waals surface area contributed by atoms with Gasteiger partial charge in [0.2, 0.25) is 0 Å². The van der Waals surface area contributed by atoms with Crippen molar-refractivity contribution in [1.82, 2.24) is 0 Å². The summed E-state index contributed by atoms with van der Waals surface area (Å²) in [6, 6.07) is 0. The first-order valence-electron chi connectivity index (χ1n) is 36.8. The molecule has 17 heteroatoms. The zero-order chi connectivity index (χ0) is 77.0. The van der Waals surface area contributed by atoms with Gasteiger partial charge in [0.15, 0.2) is 0 Å². The summed E-state index contributed by atoms with van der Waals surface area (Å²) in [6.07, 6.45) is 37.8. The highest BCUT2D eigenvalue weighted by Gasteiger charge is 2.06. The van der Waals surface area contributed by atoms with Crippen molar-refractivity contribution in [3.8, 4) is 0 Å². The van der Waals surface area contributed by atoms with Gasteiger partial charge in [-0.15, -0.1) is 13.2 Å². The van der Waals surface area contributed by atoms with Gasteiger partial charge in [-0.05, 0) is 145 Å². The molecule has 0 unspecified atom stereocenters. The molecule has 0 aliphatic heterocycles. The molecule has 0 heterocycles. The predicted molar refractivity (Wildman–Crippen MR) is 413 cm³/mol. The number of hydrogen-bond acceptors (Lipinski definition) is 17. The maximum absolute atomic E-state index is 11.0. The van der Waals surface area contributed by atoms with Crippen LogP contribution in [0.4, 0.5) is 0 Å². The zero-order valence-electron chi connectivity index (χ0n) is 66.7. The third-order valence-electron chi connectivity index (χ3n) is 13.4. The Balaban J connectivity index is -0.000000161. The highest BCUT2D eigenvalue weighted by molar-refractivity contribution is 5.88. The Bertz CT molecular complexity index is 1990. The van der Waals surface area contributed by atoms with E-state index in [1.807, 2.05) is 6.92 Å². The lowest BCUT2D eigenvalue weighted by Gasteiger charge is -2.04. The molecule has 0 aromatic carbocycles. The zero-order valence-corrected chi connectivity index (χ0v) is 66.7. The molecule has 0 aliphatic carbocycles. The van der Waals surface area contributed by atoms with Crippen molar-refractivity contribution in [2.24, 2.45) is 0 Å². The summed E-state index contributed by atoms with van der Waals surface area (Å²) in [7, 11) is 8.54. The van der Waals surface area contributed by atoms with Gasteiger partial charge in [-0.3, -0.25) is 0 Å². The van der Waals surface area contributed by atoms with Crippen molar-refractivity contribution in [2.75, 3.05) is 108 Å². The fourth-order valence-electron chi connectivity index (χ4n) is 7.25. The third-order valence-corrected chi connectivity index (χ3v) is 13.4. The smallest absolute Gasteiger partial charge is 0.333 e. The van der Waals surface area contributed by atoms with Gasteiger partial charge in [0.05, 0.1) is 39.6 Å². The first-order valence-corrected chi connectivity index (χ1v) is 36.8. The van der Waals surface area contributed by atoms with Gasteiger partial charge in [-0.2, -0.15) is 0 Å². The van der Waals surface area contributed by atoms with E-state index in [1.165, 1.54) is 114 Å². The maximum Gasteiger partial charge on any atom is 0.333 e. The van der Waals surface area contributed by atoms with Crippen LogP contribution in [0.3, 0.4) is 0 Å². The molecule has 0 saturated carbocycles. The monoisotopic (exact) mass is 1410 g/mol. The number of allylic oxidation sites excluding steroid dienone is 1. The molecule has 0 fully saturated rings. The molecule has 0 aromatic heterocycles. The third kappa shape index (κ3) is 114. The van der Waals surface area contributed by atoms with E-state index in [4.69, 9.17) is 52.1 Å². The topological polar surface area (TPSA) is 204 Å². The standard InChI is InChI=1S/C13H24O3.C13H24O2.C11H20O3.C11H20O2.C10H20O.C9H16O3.C9H16O2.C6H12O/c1-12(2)13(14)16-11-9-7-5-4-6-8-10-15-3;1-4-5-6-7-8-9-10-11-15-13(14)12(2)3;1-10(2)11(12)14-9-7-5-4-6-8-13-3;1-4-5-6-7-8-9-13-11(12)10(2)3;1-10(2)8-6-4-5-7-9-11-3;1-8(2)9(10)12-7-5-4-6-11-3;1-4-5-6-7-11-9(10)8(2)3;1-6(2)4-5-7-3/h1,4-11H2,2-3H3;2,4-11H2,1,3H3;1,4-9H2,2-3H3;2,4-9H2,1,3H3;1,4-9H2,2-3H3;1,4-7H2,2-3H3;2,4-7H2,1,3H3;1,4-5H2,2-3H3. The molecule has 0 saturated heterocycles. The Morgan fingerprint density at radius 3 is 0.535 bits per heavy atom. The van der Waals surface area contributed by atoms with Gasteiger partial charge < -0.3 is 52.1 Å². The van der Waals surface area contributed by atoms with Crippen LogP contribution in [0.15, 0.2) is 97.2 Å². The molecule has 0 aromatic rings. The average molecular weight is 1410 g/mol. The summed E-state index contributed by atoms with van der Waals surface area (Å²) in [5.74, 6) is -1.69. The first-order chi connectivity index (χ1) is 47.1. The number of hydrogen-bond donors (Lipinski definition) is 0. The molecule has 0 bridgehead atoms.